The Balaban J connectivity index is 0.00000216. The molecular weight excluding hydrogens is 430 g/mol. The van der Waals surface area contributed by atoms with Crippen LogP contribution in [0.1, 0.15) is 75.6 Å². The summed E-state index contributed by atoms with van der Waals surface area (Å²) in [5, 5.41) is 10.3. The normalized spacial score (nSPS) is 18.2. The molecule has 2 aromatic rings. The van der Waals surface area contributed by atoms with Crippen molar-refractivity contribution in [1.82, 2.24) is 9.80 Å². The summed E-state index contributed by atoms with van der Waals surface area (Å²) in [6, 6.07) is 22.3. The summed E-state index contributed by atoms with van der Waals surface area (Å²) in [7, 11) is 0. The van der Waals surface area contributed by atoms with E-state index in [9.17, 15) is 0 Å². The van der Waals surface area contributed by atoms with E-state index in [2.05, 4.69) is 70.5 Å². The molecule has 4 rings (SSSR count). The van der Waals surface area contributed by atoms with Crippen LogP contribution in [-0.4, -0.2) is 62.2 Å². The predicted octanol–water partition coefficient (Wildman–Crippen LogP) is 1.22. The first-order valence-corrected chi connectivity index (χ1v) is 13.3. The SMILES string of the molecule is C.[Li+].[Li+].c1ccc(C(CN2CCCCC2)[N-]CCC[N-][C@@H](CN2CCCCC2)c2ccccc2)cc1. The molecule has 0 N–H and O–H groups in total. The fourth-order valence-electron chi connectivity index (χ4n) is 5.23. The van der Waals surface area contributed by atoms with E-state index in [1.54, 1.807) is 0 Å². The molecule has 0 aromatic heterocycles. The molecule has 2 atom stereocenters. The van der Waals surface area contributed by atoms with E-state index in [-0.39, 0.29) is 57.2 Å². The number of rotatable bonds is 12. The fourth-order valence-corrected chi connectivity index (χ4v) is 5.23. The van der Waals surface area contributed by atoms with E-state index >= 15 is 0 Å². The van der Waals surface area contributed by atoms with Crippen LogP contribution in [0.15, 0.2) is 60.7 Å². The molecule has 2 aliphatic rings. The van der Waals surface area contributed by atoms with Crippen LogP contribution in [0.4, 0.5) is 0 Å². The molecule has 4 nitrogen and oxygen atoms in total. The molecule has 188 valence electrons. The third-order valence-electron chi connectivity index (χ3n) is 7.14. The Labute approximate surface area is 245 Å². The Bertz CT molecular complexity index is 700. The molecule has 6 heteroatoms. The van der Waals surface area contributed by atoms with Crippen LogP contribution >= 0.6 is 0 Å². The summed E-state index contributed by atoms with van der Waals surface area (Å²) in [5.74, 6) is 0. The van der Waals surface area contributed by atoms with Crippen molar-refractivity contribution in [2.45, 2.75) is 64.5 Å². The molecular formula is C30H46Li2N4. The van der Waals surface area contributed by atoms with Crippen molar-refractivity contribution >= 4 is 0 Å². The number of nitrogens with zero attached hydrogens (tertiary/aromatic N) is 4. The smallest absolute Gasteiger partial charge is 0.655 e. The molecule has 2 saturated heterocycles. The Morgan fingerprint density at radius 2 is 0.917 bits per heavy atom. The van der Waals surface area contributed by atoms with Crippen LogP contribution < -0.4 is 37.7 Å². The van der Waals surface area contributed by atoms with Gasteiger partial charge in [0.05, 0.1) is 0 Å². The minimum Gasteiger partial charge on any atom is -0.655 e. The third-order valence-corrected chi connectivity index (χ3v) is 7.14. The topological polar surface area (TPSA) is 34.7 Å². The second kappa shape index (κ2) is 19.5. The predicted molar refractivity (Wildman–Crippen MR) is 147 cm³/mol. The van der Waals surface area contributed by atoms with E-state index in [1.165, 1.54) is 75.8 Å². The minimum absolute atomic E-state index is 0. The average Bonchev–Trinajstić information content (AvgIpc) is 2.89. The van der Waals surface area contributed by atoms with Gasteiger partial charge in [-0.15, -0.1) is 0 Å². The maximum absolute atomic E-state index is 5.16. The Kier molecular flexibility index (Phi) is 18.2. The van der Waals surface area contributed by atoms with Crippen molar-refractivity contribution in [1.29, 1.82) is 0 Å². The van der Waals surface area contributed by atoms with Gasteiger partial charge >= 0.3 is 37.7 Å². The van der Waals surface area contributed by atoms with Gasteiger partial charge in [0, 0.05) is 0 Å². The molecule has 0 spiro atoms. The molecule has 36 heavy (non-hydrogen) atoms. The maximum atomic E-state index is 5.16. The minimum atomic E-state index is 0. The van der Waals surface area contributed by atoms with Crippen LogP contribution in [0.2, 0.25) is 0 Å². The van der Waals surface area contributed by atoms with Gasteiger partial charge in [-0.3, -0.25) is 0 Å². The molecule has 0 amide bonds. The maximum Gasteiger partial charge on any atom is 1.00 e. The first kappa shape index (κ1) is 33.5. The number of likely N-dealkylation sites (tertiary alicyclic amines) is 2. The summed E-state index contributed by atoms with van der Waals surface area (Å²) in [6.07, 6.45) is 9.12. The fraction of sp³-hybridized carbons (Fsp3) is 0.600. The van der Waals surface area contributed by atoms with Crippen molar-refractivity contribution in [3.63, 3.8) is 0 Å². The molecule has 0 aliphatic carbocycles. The Morgan fingerprint density at radius 1 is 0.556 bits per heavy atom. The number of hydrogen-bond donors (Lipinski definition) is 0. The van der Waals surface area contributed by atoms with Crippen LogP contribution in [0.25, 0.3) is 10.6 Å². The van der Waals surface area contributed by atoms with Gasteiger partial charge in [0.2, 0.25) is 0 Å². The van der Waals surface area contributed by atoms with Gasteiger partial charge in [-0.25, -0.2) is 0 Å². The van der Waals surface area contributed by atoms with Gasteiger partial charge in [0.15, 0.2) is 0 Å². The largest absolute Gasteiger partial charge is 1.00 e. The molecule has 0 radical (unpaired) electrons. The van der Waals surface area contributed by atoms with Crippen LogP contribution in [0, 0.1) is 0 Å². The van der Waals surface area contributed by atoms with E-state index in [1.807, 2.05) is 0 Å². The molecule has 2 heterocycles. The second-order valence-corrected chi connectivity index (χ2v) is 9.74. The van der Waals surface area contributed by atoms with Crippen molar-refractivity contribution in [2.75, 3.05) is 52.4 Å². The van der Waals surface area contributed by atoms with Crippen molar-refractivity contribution in [2.24, 2.45) is 0 Å². The molecule has 2 aromatic carbocycles. The van der Waals surface area contributed by atoms with Crippen molar-refractivity contribution in [3.05, 3.63) is 82.4 Å². The molecule has 0 bridgehead atoms. The van der Waals surface area contributed by atoms with Crippen LogP contribution in [0.3, 0.4) is 0 Å². The summed E-state index contributed by atoms with van der Waals surface area (Å²) < 4.78 is 0. The zero-order valence-electron chi connectivity index (χ0n) is 22.3. The van der Waals surface area contributed by atoms with Crippen LogP contribution in [-0.2, 0) is 0 Å². The number of benzene rings is 2. The average molecular weight is 477 g/mol. The van der Waals surface area contributed by atoms with Gasteiger partial charge < -0.3 is 20.4 Å². The summed E-state index contributed by atoms with van der Waals surface area (Å²) in [5.41, 5.74) is 2.71. The third kappa shape index (κ3) is 11.5. The summed E-state index contributed by atoms with van der Waals surface area (Å²) in [4.78, 5) is 5.22. The van der Waals surface area contributed by atoms with Gasteiger partial charge in [-0.1, -0.05) is 111 Å². The van der Waals surface area contributed by atoms with Crippen molar-refractivity contribution < 1.29 is 37.7 Å². The Hall–Kier alpha value is -0.525. The van der Waals surface area contributed by atoms with Gasteiger partial charge in [0.25, 0.3) is 0 Å². The number of hydrogen-bond acceptors (Lipinski definition) is 2. The monoisotopic (exact) mass is 476 g/mol. The van der Waals surface area contributed by atoms with Crippen LogP contribution in [0.5, 0.6) is 0 Å². The zero-order chi connectivity index (χ0) is 22.6. The first-order chi connectivity index (χ1) is 16.4. The molecule has 1 unspecified atom stereocenters. The quantitative estimate of drug-likeness (QED) is 0.341. The van der Waals surface area contributed by atoms with E-state index in [4.69, 9.17) is 10.6 Å². The summed E-state index contributed by atoms with van der Waals surface area (Å²) >= 11 is 0. The van der Waals surface area contributed by atoms with E-state index in [0.29, 0.717) is 0 Å². The van der Waals surface area contributed by atoms with Gasteiger partial charge in [0.1, 0.15) is 0 Å². The van der Waals surface area contributed by atoms with E-state index < -0.39 is 0 Å². The van der Waals surface area contributed by atoms with Gasteiger partial charge in [-0.2, -0.15) is 13.1 Å². The zero-order valence-corrected chi connectivity index (χ0v) is 22.3. The molecule has 0 saturated carbocycles. The molecule has 2 fully saturated rings. The van der Waals surface area contributed by atoms with Gasteiger partial charge in [-0.05, 0) is 65.0 Å². The van der Waals surface area contributed by atoms with Crippen molar-refractivity contribution in [3.8, 4) is 0 Å². The standard InChI is InChI=1S/C29H42N4.CH4.2Li/c1-5-14-26(15-6-1)28(24-32-20-9-3-10-21-32)30-18-13-19-31-29(27-16-7-2-8-17-27)25-33-22-11-4-12-23-33;;;/h1-2,5-8,14-17,28-29H,3-4,9-13,18-25H2;1H4;;/q-2;;2*+1/t28-,29?;;;/m0.../s1. The number of piperidine rings is 2. The molecule has 2 aliphatic heterocycles. The first-order valence-electron chi connectivity index (χ1n) is 13.3. The Morgan fingerprint density at radius 3 is 1.28 bits per heavy atom. The second-order valence-electron chi connectivity index (χ2n) is 9.74. The summed E-state index contributed by atoms with van der Waals surface area (Å²) in [6.45, 7) is 8.80. The van der Waals surface area contributed by atoms with E-state index in [0.717, 1.165) is 32.6 Å².